The van der Waals surface area contributed by atoms with E-state index in [9.17, 15) is 0 Å². The van der Waals surface area contributed by atoms with Crippen LogP contribution in [0.4, 0.5) is 0 Å². The van der Waals surface area contributed by atoms with Gasteiger partial charge in [-0.05, 0) is 146 Å². The summed E-state index contributed by atoms with van der Waals surface area (Å²) in [5, 5.41) is 12.1. The molecule has 0 spiro atoms. The molecule has 0 N–H and O–H groups in total. The van der Waals surface area contributed by atoms with Gasteiger partial charge in [-0.2, -0.15) is 0 Å². The smallest absolute Gasteiger partial charge is 0.135 e. The summed E-state index contributed by atoms with van der Waals surface area (Å²) >= 11 is 0. The molecule has 1 heteroatoms. The highest BCUT2D eigenvalue weighted by molar-refractivity contribution is 6.24. The molecule has 1 nitrogen and oxygen atoms in total. The zero-order valence-corrected chi connectivity index (χ0v) is 35.5. The normalized spacial score (nSPS) is 11.7. The zero-order valence-electron chi connectivity index (χ0n) is 35.5. The van der Waals surface area contributed by atoms with Gasteiger partial charge in [0.15, 0.2) is 0 Å². The number of benzene rings is 12. The minimum Gasteiger partial charge on any atom is -0.456 e. The molecule has 0 saturated carbocycles. The summed E-state index contributed by atoms with van der Waals surface area (Å²) in [6.07, 6.45) is 0. The second kappa shape index (κ2) is 15.1. The summed E-state index contributed by atoms with van der Waals surface area (Å²) in [5.74, 6) is 0. The van der Waals surface area contributed by atoms with Crippen LogP contribution in [0.15, 0.2) is 247 Å². The fourth-order valence-electron chi connectivity index (χ4n) is 10.6. The number of fused-ring (bicyclic) bond motifs is 7. The molecule has 12 aromatic carbocycles. The van der Waals surface area contributed by atoms with E-state index in [0.717, 1.165) is 21.9 Å². The first-order chi connectivity index (χ1) is 32.2. The molecule has 0 saturated heterocycles. The van der Waals surface area contributed by atoms with Crippen molar-refractivity contribution in [3.05, 3.63) is 243 Å². The van der Waals surface area contributed by atoms with Gasteiger partial charge in [0.05, 0.1) is 0 Å². The molecule has 13 rings (SSSR count). The van der Waals surface area contributed by atoms with Crippen molar-refractivity contribution < 1.29 is 4.42 Å². The molecule has 1 aromatic heterocycles. The Morgan fingerprint density at radius 1 is 0.169 bits per heavy atom. The fourth-order valence-corrected chi connectivity index (χ4v) is 10.6. The Morgan fingerprint density at radius 2 is 0.431 bits per heavy atom. The average molecular weight is 825 g/mol. The Morgan fingerprint density at radius 3 is 0.754 bits per heavy atom. The third kappa shape index (κ3) is 6.09. The summed E-state index contributed by atoms with van der Waals surface area (Å²) in [6, 6.07) is 88.5. The zero-order chi connectivity index (χ0) is 42.8. The highest BCUT2D eigenvalue weighted by Crippen LogP contribution is 2.48. The molecule has 0 radical (unpaired) electrons. The summed E-state index contributed by atoms with van der Waals surface area (Å²) in [5.41, 5.74) is 16.3. The van der Waals surface area contributed by atoms with Crippen LogP contribution >= 0.6 is 0 Å². The molecular formula is C64H40O. The fraction of sp³-hybridized carbons (Fsp3) is 0. The van der Waals surface area contributed by atoms with E-state index in [4.69, 9.17) is 4.42 Å². The highest BCUT2D eigenvalue weighted by Gasteiger charge is 2.21. The van der Waals surface area contributed by atoms with Crippen molar-refractivity contribution in [1.29, 1.82) is 0 Å². The topological polar surface area (TPSA) is 13.1 Å². The van der Waals surface area contributed by atoms with Gasteiger partial charge in [0.2, 0.25) is 0 Å². The van der Waals surface area contributed by atoms with Crippen molar-refractivity contribution in [2.24, 2.45) is 0 Å². The van der Waals surface area contributed by atoms with E-state index in [1.54, 1.807) is 0 Å². The van der Waals surface area contributed by atoms with Crippen LogP contribution in [0.25, 0.3) is 132 Å². The van der Waals surface area contributed by atoms with E-state index in [0.29, 0.717) is 0 Å². The van der Waals surface area contributed by atoms with Gasteiger partial charge in [-0.25, -0.2) is 0 Å². The third-order valence-corrected chi connectivity index (χ3v) is 13.4. The minimum atomic E-state index is 0.882. The number of hydrogen-bond acceptors (Lipinski definition) is 1. The van der Waals surface area contributed by atoms with E-state index in [1.807, 2.05) is 0 Å². The van der Waals surface area contributed by atoms with Crippen LogP contribution in [0.1, 0.15) is 0 Å². The third-order valence-electron chi connectivity index (χ3n) is 13.4. The van der Waals surface area contributed by atoms with Gasteiger partial charge in [-0.1, -0.05) is 206 Å². The second-order valence-corrected chi connectivity index (χ2v) is 17.1. The van der Waals surface area contributed by atoms with Crippen molar-refractivity contribution in [2.45, 2.75) is 0 Å². The first kappa shape index (κ1) is 37.1. The molecule has 0 unspecified atom stereocenters. The molecule has 0 fully saturated rings. The van der Waals surface area contributed by atoms with Crippen molar-refractivity contribution in [2.75, 3.05) is 0 Å². The van der Waals surface area contributed by atoms with Gasteiger partial charge >= 0.3 is 0 Å². The quantitative estimate of drug-likeness (QED) is 0.152. The van der Waals surface area contributed by atoms with Crippen LogP contribution in [0.2, 0.25) is 0 Å². The molecule has 0 aliphatic heterocycles. The molecule has 0 bridgehead atoms. The Labute approximate surface area is 377 Å². The lowest BCUT2D eigenvalue weighted by Crippen LogP contribution is -1.91. The van der Waals surface area contributed by atoms with Gasteiger partial charge in [0.1, 0.15) is 11.2 Å². The van der Waals surface area contributed by atoms with Crippen molar-refractivity contribution in [1.82, 2.24) is 0 Å². The maximum absolute atomic E-state index is 6.63. The molecule has 65 heavy (non-hydrogen) atoms. The molecule has 0 aliphatic carbocycles. The largest absolute Gasteiger partial charge is 0.456 e. The summed E-state index contributed by atoms with van der Waals surface area (Å²) in [7, 11) is 0. The lowest BCUT2D eigenvalue weighted by molar-refractivity contribution is 0.669. The predicted molar refractivity (Wildman–Crippen MR) is 276 cm³/mol. The van der Waals surface area contributed by atoms with Gasteiger partial charge in [0, 0.05) is 10.8 Å². The number of rotatable bonds is 6. The van der Waals surface area contributed by atoms with Crippen LogP contribution in [-0.4, -0.2) is 0 Å². The Balaban J connectivity index is 0.999. The Kier molecular flexibility index (Phi) is 8.60. The minimum absolute atomic E-state index is 0.882. The average Bonchev–Trinajstić information content (AvgIpc) is 3.75. The summed E-state index contributed by atoms with van der Waals surface area (Å²) in [4.78, 5) is 0. The summed E-state index contributed by atoms with van der Waals surface area (Å²) in [6.45, 7) is 0. The maximum atomic E-state index is 6.63. The van der Waals surface area contributed by atoms with Crippen LogP contribution < -0.4 is 0 Å². The SMILES string of the molecule is c1ccc(-c2cccc(-c3c4ccccc4c(-c4ccc5oc6ccc(-c7c8ccccc8c(-c8cccc(-c9ccccc9)c8)c8ccccc78)cc6c5c4)c4ccccc34)c2)cc1. The molecule has 1 heterocycles. The first-order valence-electron chi connectivity index (χ1n) is 22.4. The van der Waals surface area contributed by atoms with E-state index in [2.05, 4.69) is 243 Å². The van der Waals surface area contributed by atoms with Crippen LogP contribution in [-0.2, 0) is 0 Å². The van der Waals surface area contributed by atoms with Gasteiger partial charge in [-0.15, -0.1) is 0 Å². The molecule has 0 amide bonds. The maximum Gasteiger partial charge on any atom is 0.135 e. The summed E-state index contributed by atoms with van der Waals surface area (Å²) < 4.78 is 6.63. The lowest BCUT2D eigenvalue weighted by atomic mass is 9.85. The van der Waals surface area contributed by atoms with Gasteiger partial charge in [0.25, 0.3) is 0 Å². The molecule has 0 aliphatic rings. The van der Waals surface area contributed by atoms with Crippen LogP contribution in [0.5, 0.6) is 0 Å². The van der Waals surface area contributed by atoms with E-state index in [1.165, 1.54) is 110 Å². The highest BCUT2D eigenvalue weighted by atomic mass is 16.3. The van der Waals surface area contributed by atoms with E-state index < -0.39 is 0 Å². The Hall–Kier alpha value is -8.52. The van der Waals surface area contributed by atoms with Crippen LogP contribution in [0.3, 0.4) is 0 Å². The molecule has 302 valence electrons. The Bertz CT molecular complexity index is 3610. The van der Waals surface area contributed by atoms with E-state index in [-0.39, 0.29) is 0 Å². The lowest BCUT2D eigenvalue weighted by Gasteiger charge is -2.18. The standard InChI is InChI=1S/C64H40O/c1-3-17-41(18-4-1)43-21-15-23-45(37-43)61-49-25-7-11-29-53(49)63(54-30-12-8-26-50(54)61)47-33-35-59-57(39-47)58-40-48(34-36-60(58)65-59)64-55-31-13-9-27-51(55)62(52-28-10-14-32-56(52)64)46-24-16-22-44(38-46)42-19-5-2-6-20-42/h1-40H. The van der Waals surface area contributed by atoms with Crippen molar-refractivity contribution in [3.63, 3.8) is 0 Å². The monoisotopic (exact) mass is 824 g/mol. The first-order valence-corrected chi connectivity index (χ1v) is 22.4. The van der Waals surface area contributed by atoms with Crippen molar-refractivity contribution >= 4 is 65.0 Å². The van der Waals surface area contributed by atoms with Gasteiger partial charge in [-0.3, -0.25) is 0 Å². The van der Waals surface area contributed by atoms with Crippen LogP contribution in [0, 0.1) is 0 Å². The molecule has 13 aromatic rings. The van der Waals surface area contributed by atoms with Gasteiger partial charge < -0.3 is 4.42 Å². The number of hydrogen-bond donors (Lipinski definition) is 0. The van der Waals surface area contributed by atoms with Crippen molar-refractivity contribution in [3.8, 4) is 66.8 Å². The predicted octanol–water partition coefficient (Wildman–Crippen LogP) is 18.2. The molecule has 0 atom stereocenters. The molecular weight excluding hydrogens is 785 g/mol. The second-order valence-electron chi connectivity index (χ2n) is 17.1. The van der Waals surface area contributed by atoms with E-state index >= 15 is 0 Å². The number of furan rings is 1.